The van der Waals surface area contributed by atoms with Gasteiger partial charge in [-0.2, -0.15) is 0 Å². The summed E-state index contributed by atoms with van der Waals surface area (Å²) in [6, 6.07) is 0. The fourth-order valence-corrected chi connectivity index (χ4v) is 1.53. The summed E-state index contributed by atoms with van der Waals surface area (Å²) < 4.78 is 4.74. The van der Waals surface area contributed by atoms with E-state index < -0.39 is 0 Å². The van der Waals surface area contributed by atoms with Crippen LogP contribution in [0.15, 0.2) is 0 Å². The second-order valence-electron chi connectivity index (χ2n) is 5.73. The van der Waals surface area contributed by atoms with Gasteiger partial charge >= 0.3 is 5.97 Å². The van der Waals surface area contributed by atoms with E-state index in [1.807, 2.05) is 34.6 Å². The van der Waals surface area contributed by atoms with Gasteiger partial charge in [0.2, 0.25) is 0 Å². The number of hydrogen-bond donors (Lipinski definition) is 0. The van der Waals surface area contributed by atoms with E-state index in [-0.39, 0.29) is 29.5 Å². The summed E-state index contributed by atoms with van der Waals surface area (Å²) in [7, 11) is 1.37. The molecule has 0 saturated heterocycles. The number of methoxy groups -OCH3 is 1. The van der Waals surface area contributed by atoms with Gasteiger partial charge < -0.3 is 4.74 Å². The molecule has 1 unspecified atom stereocenters. The van der Waals surface area contributed by atoms with Crippen molar-refractivity contribution in [2.24, 2.45) is 17.3 Å². The maximum atomic E-state index is 11.9. The van der Waals surface area contributed by atoms with Crippen LogP contribution in [0.3, 0.4) is 0 Å². The van der Waals surface area contributed by atoms with E-state index in [0.29, 0.717) is 12.3 Å². The number of carbonyl (C=O) groups is 2. The van der Waals surface area contributed by atoms with Crippen molar-refractivity contribution in [3.05, 3.63) is 0 Å². The van der Waals surface area contributed by atoms with Crippen molar-refractivity contribution in [3.63, 3.8) is 0 Å². The van der Waals surface area contributed by atoms with Crippen LogP contribution in [0.25, 0.3) is 0 Å². The molecule has 0 aromatic carbocycles. The highest BCUT2D eigenvalue weighted by Crippen LogP contribution is 2.24. The lowest BCUT2D eigenvalue weighted by atomic mass is 9.83. The number of carbonyl (C=O) groups excluding carboxylic acids is 2. The number of rotatable bonds is 5. The Bertz CT molecular complexity index is 248. The number of hydrogen-bond acceptors (Lipinski definition) is 3. The first kappa shape index (κ1) is 15.1. The molecule has 0 aliphatic heterocycles. The molecule has 0 radical (unpaired) electrons. The molecular weight excluding hydrogens is 204 g/mol. The Balaban J connectivity index is 4.55. The third-order valence-electron chi connectivity index (χ3n) is 2.56. The first-order valence-corrected chi connectivity index (χ1v) is 5.79. The van der Waals surface area contributed by atoms with Crippen molar-refractivity contribution < 1.29 is 14.3 Å². The Morgan fingerprint density at radius 2 is 1.69 bits per heavy atom. The predicted octanol–water partition coefficient (Wildman–Crippen LogP) is 2.83. The minimum absolute atomic E-state index is 0.114. The topological polar surface area (TPSA) is 43.4 Å². The third-order valence-corrected chi connectivity index (χ3v) is 2.56. The van der Waals surface area contributed by atoms with Crippen LogP contribution in [0, 0.1) is 17.3 Å². The lowest BCUT2D eigenvalue weighted by molar-refractivity contribution is -0.148. The maximum Gasteiger partial charge on any atom is 0.309 e. The molecule has 0 aliphatic carbocycles. The highest BCUT2D eigenvalue weighted by molar-refractivity contribution is 5.87. The van der Waals surface area contributed by atoms with Crippen molar-refractivity contribution in [3.8, 4) is 0 Å². The Hall–Kier alpha value is -0.860. The van der Waals surface area contributed by atoms with Crippen LogP contribution in [0.4, 0.5) is 0 Å². The molecule has 1 atom stereocenters. The van der Waals surface area contributed by atoms with Gasteiger partial charge in [-0.25, -0.2) is 0 Å². The van der Waals surface area contributed by atoms with Gasteiger partial charge in [-0.05, 0) is 12.3 Å². The molecule has 0 saturated carbocycles. The Kier molecular flexibility index (Phi) is 5.70. The molecule has 0 aromatic rings. The largest absolute Gasteiger partial charge is 0.469 e. The van der Waals surface area contributed by atoms with E-state index in [9.17, 15) is 9.59 Å². The fourth-order valence-electron chi connectivity index (χ4n) is 1.53. The van der Waals surface area contributed by atoms with Gasteiger partial charge in [0, 0.05) is 11.8 Å². The van der Waals surface area contributed by atoms with Crippen LogP contribution < -0.4 is 0 Å². The van der Waals surface area contributed by atoms with Gasteiger partial charge in [-0.3, -0.25) is 9.59 Å². The van der Waals surface area contributed by atoms with Gasteiger partial charge in [0.25, 0.3) is 0 Å². The second kappa shape index (κ2) is 6.02. The lowest BCUT2D eigenvalue weighted by Crippen LogP contribution is -2.28. The molecule has 3 nitrogen and oxygen atoms in total. The zero-order valence-electron chi connectivity index (χ0n) is 11.3. The quantitative estimate of drug-likeness (QED) is 0.680. The molecule has 0 aromatic heterocycles. The molecule has 0 aliphatic rings. The minimum atomic E-state index is -0.386. The van der Waals surface area contributed by atoms with E-state index in [1.54, 1.807) is 0 Å². The second-order valence-corrected chi connectivity index (χ2v) is 5.73. The van der Waals surface area contributed by atoms with E-state index in [4.69, 9.17) is 4.74 Å². The zero-order valence-corrected chi connectivity index (χ0v) is 11.3. The molecule has 0 rings (SSSR count). The monoisotopic (exact) mass is 228 g/mol. The summed E-state index contributed by atoms with van der Waals surface area (Å²) >= 11 is 0. The highest BCUT2D eigenvalue weighted by atomic mass is 16.5. The standard InChI is InChI=1S/C13H24O3/c1-9(2)7-10(12(15)16-6)8-11(14)13(3,4)5/h9-10H,7-8H2,1-6H3. The number of ether oxygens (including phenoxy) is 1. The summed E-state index contributed by atoms with van der Waals surface area (Å²) in [6.45, 7) is 9.70. The smallest absolute Gasteiger partial charge is 0.309 e. The molecule has 0 amide bonds. The average molecular weight is 228 g/mol. The Morgan fingerprint density at radius 1 is 1.19 bits per heavy atom. The van der Waals surface area contributed by atoms with Crippen LogP contribution in [0.2, 0.25) is 0 Å². The van der Waals surface area contributed by atoms with Crippen molar-refractivity contribution in [1.29, 1.82) is 0 Å². The molecule has 0 bridgehead atoms. The molecule has 3 heteroatoms. The van der Waals surface area contributed by atoms with E-state index >= 15 is 0 Å². The molecule has 0 N–H and O–H groups in total. The molecular formula is C13H24O3. The van der Waals surface area contributed by atoms with Crippen LogP contribution in [-0.4, -0.2) is 18.9 Å². The SMILES string of the molecule is COC(=O)C(CC(=O)C(C)(C)C)CC(C)C. The maximum absolute atomic E-state index is 11.9. The zero-order chi connectivity index (χ0) is 12.9. The van der Waals surface area contributed by atoms with Crippen molar-refractivity contribution in [1.82, 2.24) is 0 Å². The first-order valence-electron chi connectivity index (χ1n) is 5.79. The van der Waals surface area contributed by atoms with E-state index in [1.165, 1.54) is 7.11 Å². The molecule has 16 heavy (non-hydrogen) atoms. The van der Waals surface area contributed by atoms with Crippen LogP contribution in [0.1, 0.15) is 47.5 Å². The molecule has 0 spiro atoms. The normalized spacial score (nSPS) is 13.7. The number of Topliss-reactive ketones (excluding diaryl/α,β-unsaturated/α-hetero) is 1. The van der Waals surface area contributed by atoms with Crippen molar-refractivity contribution >= 4 is 11.8 Å². The van der Waals surface area contributed by atoms with Gasteiger partial charge in [-0.15, -0.1) is 0 Å². The molecule has 0 heterocycles. The third kappa shape index (κ3) is 5.29. The summed E-state index contributed by atoms with van der Waals surface area (Å²) in [5, 5.41) is 0. The summed E-state index contributed by atoms with van der Waals surface area (Å²) in [4.78, 5) is 23.4. The highest BCUT2D eigenvalue weighted by Gasteiger charge is 2.29. The Morgan fingerprint density at radius 3 is 2.00 bits per heavy atom. The average Bonchev–Trinajstić information content (AvgIpc) is 2.13. The fraction of sp³-hybridized carbons (Fsp3) is 0.846. The van der Waals surface area contributed by atoms with Gasteiger partial charge in [0.05, 0.1) is 13.0 Å². The van der Waals surface area contributed by atoms with Crippen LogP contribution in [-0.2, 0) is 14.3 Å². The van der Waals surface area contributed by atoms with Crippen LogP contribution in [0.5, 0.6) is 0 Å². The van der Waals surface area contributed by atoms with Crippen molar-refractivity contribution in [2.45, 2.75) is 47.5 Å². The predicted molar refractivity (Wildman–Crippen MR) is 64.0 cm³/mol. The van der Waals surface area contributed by atoms with Gasteiger partial charge in [-0.1, -0.05) is 34.6 Å². The van der Waals surface area contributed by atoms with Gasteiger partial charge in [0.15, 0.2) is 0 Å². The molecule has 0 fully saturated rings. The van der Waals surface area contributed by atoms with E-state index in [2.05, 4.69) is 0 Å². The lowest BCUT2D eigenvalue weighted by Gasteiger charge is -2.21. The first-order chi connectivity index (χ1) is 7.18. The minimum Gasteiger partial charge on any atom is -0.469 e. The number of esters is 1. The summed E-state index contributed by atoms with van der Waals surface area (Å²) in [5.41, 5.74) is -0.386. The molecule has 94 valence electrons. The van der Waals surface area contributed by atoms with Crippen LogP contribution >= 0.6 is 0 Å². The van der Waals surface area contributed by atoms with E-state index in [0.717, 1.165) is 0 Å². The number of ketones is 1. The summed E-state index contributed by atoms with van der Waals surface area (Å²) in [5.74, 6) is -0.0663. The van der Waals surface area contributed by atoms with Gasteiger partial charge in [0.1, 0.15) is 5.78 Å². The Labute approximate surface area is 98.6 Å². The van der Waals surface area contributed by atoms with Crippen molar-refractivity contribution in [2.75, 3.05) is 7.11 Å². The summed E-state index contributed by atoms with van der Waals surface area (Å²) in [6.07, 6.45) is 0.989.